The highest BCUT2D eigenvalue weighted by Crippen LogP contribution is 2.30. The first kappa shape index (κ1) is 12.5. The molecule has 0 saturated carbocycles. The Morgan fingerprint density at radius 2 is 2.27 bits per heavy atom. The van der Waals surface area contributed by atoms with E-state index in [9.17, 15) is 9.59 Å². The molecule has 0 unspecified atom stereocenters. The average molecular weight is 232 g/mol. The van der Waals surface area contributed by atoms with Crippen molar-refractivity contribution < 1.29 is 19.1 Å². The molecule has 0 aromatic heterocycles. The number of rotatable bonds is 5. The molecule has 0 aromatic carbocycles. The number of carbonyl (C=O) groups is 2. The van der Waals surface area contributed by atoms with Crippen molar-refractivity contribution in [2.75, 3.05) is 6.61 Å². The van der Waals surface area contributed by atoms with Gasteiger partial charge >= 0.3 is 5.97 Å². The molecule has 1 heterocycles. The summed E-state index contributed by atoms with van der Waals surface area (Å²) in [4.78, 5) is 22.0. The fraction of sp³-hybridized carbons (Fsp3) is 0.800. The maximum absolute atomic E-state index is 11.3. The highest BCUT2D eigenvalue weighted by molar-refractivity contribution is 8.00. The Morgan fingerprint density at radius 3 is 2.87 bits per heavy atom. The Labute approximate surface area is 93.7 Å². The van der Waals surface area contributed by atoms with E-state index in [2.05, 4.69) is 0 Å². The predicted molar refractivity (Wildman–Crippen MR) is 57.4 cm³/mol. The van der Waals surface area contributed by atoms with Crippen LogP contribution in [0.2, 0.25) is 0 Å². The van der Waals surface area contributed by atoms with Crippen LogP contribution in [-0.2, 0) is 19.1 Å². The minimum Gasteiger partial charge on any atom is -0.449 e. The fourth-order valence-corrected chi connectivity index (χ4v) is 2.48. The van der Waals surface area contributed by atoms with Gasteiger partial charge in [-0.1, -0.05) is 18.7 Å². The van der Waals surface area contributed by atoms with Gasteiger partial charge in [-0.3, -0.25) is 9.59 Å². The molecule has 1 rings (SSSR count). The summed E-state index contributed by atoms with van der Waals surface area (Å²) in [5, 5.41) is 0. The number of Topliss-reactive ketones (excluding diaryl/α,β-unsaturated/α-hetero) is 1. The molecule has 0 aliphatic carbocycles. The van der Waals surface area contributed by atoms with Crippen LogP contribution in [0.5, 0.6) is 0 Å². The van der Waals surface area contributed by atoms with Crippen LogP contribution in [0.25, 0.3) is 0 Å². The monoisotopic (exact) mass is 232 g/mol. The summed E-state index contributed by atoms with van der Waals surface area (Å²) in [6.45, 7) is 3.73. The summed E-state index contributed by atoms with van der Waals surface area (Å²) in [5.74, 6) is -0.102. The molecule has 2 atom stereocenters. The Balaban J connectivity index is 2.24. The quantitative estimate of drug-likeness (QED) is 0.676. The molecule has 5 heteroatoms. The Bertz CT molecular complexity index is 242. The van der Waals surface area contributed by atoms with Gasteiger partial charge in [-0.05, 0) is 6.42 Å². The first-order chi connectivity index (χ1) is 7.11. The second-order valence-corrected chi connectivity index (χ2v) is 4.75. The molecule has 0 aromatic rings. The maximum Gasteiger partial charge on any atom is 0.303 e. The average Bonchev–Trinajstić information content (AvgIpc) is 2.51. The number of esters is 1. The molecular weight excluding hydrogens is 216 g/mol. The summed E-state index contributed by atoms with van der Waals surface area (Å²) in [5.41, 5.74) is -0.393. The molecule has 4 nitrogen and oxygen atoms in total. The van der Waals surface area contributed by atoms with Crippen molar-refractivity contribution in [2.24, 2.45) is 0 Å². The predicted octanol–water partition coefficient (Wildman–Crippen LogP) is 1.72. The van der Waals surface area contributed by atoms with Gasteiger partial charge in [0.2, 0.25) is 0 Å². The number of carbonyl (C=O) groups excluding carboxylic acids is 2. The van der Waals surface area contributed by atoms with Crippen molar-refractivity contribution >= 4 is 23.5 Å². The first-order valence-electron chi connectivity index (χ1n) is 5.07. The SMILES string of the molecule is CCCC(=O)C[C@@H]1OC[C@@H](OC(C)=O)S1. The molecule has 0 bridgehead atoms. The van der Waals surface area contributed by atoms with Gasteiger partial charge < -0.3 is 9.47 Å². The third-order valence-electron chi connectivity index (χ3n) is 1.94. The highest BCUT2D eigenvalue weighted by atomic mass is 32.2. The molecule has 0 amide bonds. The Kier molecular flexibility index (Phi) is 5.11. The standard InChI is InChI=1S/C10H16O4S/c1-3-4-8(12)5-9-13-6-10(15-9)14-7(2)11/h9-10H,3-6H2,1-2H3/t9-,10+/m1/s1. The zero-order valence-corrected chi connectivity index (χ0v) is 9.84. The Morgan fingerprint density at radius 1 is 1.53 bits per heavy atom. The van der Waals surface area contributed by atoms with Gasteiger partial charge in [0.25, 0.3) is 0 Å². The van der Waals surface area contributed by atoms with Crippen molar-refractivity contribution in [3.63, 3.8) is 0 Å². The van der Waals surface area contributed by atoms with E-state index < -0.39 is 0 Å². The summed E-state index contributed by atoms with van der Waals surface area (Å²) >= 11 is 1.41. The second kappa shape index (κ2) is 6.12. The van der Waals surface area contributed by atoms with Gasteiger partial charge in [-0.2, -0.15) is 0 Å². The van der Waals surface area contributed by atoms with Crippen LogP contribution in [0, 0.1) is 0 Å². The molecule has 86 valence electrons. The van der Waals surface area contributed by atoms with E-state index in [-0.39, 0.29) is 22.6 Å². The van der Waals surface area contributed by atoms with Crippen LogP contribution in [0.3, 0.4) is 0 Å². The van der Waals surface area contributed by atoms with E-state index in [0.717, 1.165) is 6.42 Å². The van der Waals surface area contributed by atoms with Gasteiger partial charge in [0.05, 0.1) is 6.61 Å². The zero-order chi connectivity index (χ0) is 11.3. The van der Waals surface area contributed by atoms with Gasteiger partial charge in [0, 0.05) is 19.8 Å². The summed E-state index contributed by atoms with van der Waals surface area (Å²) in [6, 6.07) is 0. The number of ether oxygens (including phenoxy) is 2. The van der Waals surface area contributed by atoms with E-state index in [1.807, 2.05) is 6.92 Å². The van der Waals surface area contributed by atoms with Crippen molar-refractivity contribution in [1.82, 2.24) is 0 Å². The lowest BCUT2D eigenvalue weighted by molar-refractivity contribution is -0.143. The van der Waals surface area contributed by atoms with E-state index in [4.69, 9.17) is 9.47 Å². The molecule has 1 aliphatic rings. The van der Waals surface area contributed by atoms with Crippen LogP contribution >= 0.6 is 11.8 Å². The summed E-state index contributed by atoms with van der Waals surface area (Å²) in [6.07, 6.45) is 1.87. The lowest BCUT2D eigenvalue weighted by atomic mass is 10.2. The summed E-state index contributed by atoms with van der Waals surface area (Å²) < 4.78 is 10.3. The van der Waals surface area contributed by atoms with Crippen molar-refractivity contribution in [1.29, 1.82) is 0 Å². The maximum atomic E-state index is 11.3. The summed E-state index contributed by atoms with van der Waals surface area (Å²) in [7, 11) is 0. The minimum absolute atomic E-state index is 0.145. The van der Waals surface area contributed by atoms with E-state index in [1.54, 1.807) is 0 Å². The topological polar surface area (TPSA) is 52.6 Å². The van der Waals surface area contributed by atoms with E-state index in [1.165, 1.54) is 18.7 Å². The highest BCUT2D eigenvalue weighted by Gasteiger charge is 2.29. The largest absolute Gasteiger partial charge is 0.449 e. The molecule has 1 saturated heterocycles. The van der Waals surface area contributed by atoms with E-state index >= 15 is 0 Å². The molecule has 15 heavy (non-hydrogen) atoms. The number of ketones is 1. The van der Waals surface area contributed by atoms with Crippen LogP contribution in [0.1, 0.15) is 33.1 Å². The van der Waals surface area contributed by atoms with Crippen LogP contribution in [-0.4, -0.2) is 29.2 Å². The van der Waals surface area contributed by atoms with E-state index in [0.29, 0.717) is 19.4 Å². The third kappa shape index (κ3) is 4.66. The minimum atomic E-state index is -0.309. The van der Waals surface area contributed by atoms with Crippen LogP contribution in [0.4, 0.5) is 0 Å². The van der Waals surface area contributed by atoms with Gasteiger partial charge in [-0.15, -0.1) is 0 Å². The van der Waals surface area contributed by atoms with Gasteiger partial charge in [-0.25, -0.2) is 0 Å². The molecule has 0 radical (unpaired) electrons. The fourth-order valence-electron chi connectivity index (χ4n) is 1.35. The van der Waals surface area contributed by atoms with Crippen LogP contribution < -0.4 is 0 Å². The molecule has 0 N–H and O–H groups in total. The molecule has 0 spiro atoms. The number of thioether (sulfide) groups is 1. The van der Waals surface area contributed by atoms with Gasteiger partial charge in [0.15, 0.2) is 5.44 Å². The zero-order valence-electron chi connectivity index (χ0n) is 9.02. The second-order valence-electron chi connectivity index (χ2n) is 3.43. The van der Waals surface area contributed by atoms with Gasteiger partial charge in [0.1, 0.15) is 11.2 Å². The van der Waals surface area contributed by atoms with Crippen molar-refractivity contribution in [3.8, 4) is 0 Å². The lowest BCUT2D eigenvalue weighted by Gasteiger charge is -2.08. The smallest absolute Gasteiger partial charge is 0.303 e. The van der Waals surface area contributed by atoms with Crippen LogP contribution in [0.15, 0.2) is 0 Å². The molecule has 1 fully saturated rings. The van der Waals surface area contributed by atoms with Crippen molar-refractivity contribution in [2.45, 2.75) is 44.0 Å². The Hall–Kier alpha value is -0.550. The number of hydrogen-bond acceptors (Lipinski definition) is 5. The third-order valence-corrected chi connectivity index (χ3v) is 3.08. The normalized spacial score (nSPS) is 25.2. The first-order valence-corrected chi connectivity index (χ1v) is 6.02. The lowest BCUT2D eigenvalue weighted by Crippen LogP contribution is -2.12. The molecular formula is C10H16O4S. The molecule has 1 aliphatic heterocycles. The van der Waals surface area contributed by atoms with Crippen molar-refractivity contribution in [3.05, 3.63) is 0 Å². The number of hydrogen-bond donors (Lipinski definition) is 0.